The van der Waals surface area contributed by atoms with Crippen LogP contribution >= 0.6 is 0 Å². The van der Waals surface area contributed by atoms with Crippen LogP contribution in [0.15, 0.2) is 115 Å². The fraction of sp³-hybridized carbons (Fsp3) is 0.424. The summed E-state index contributed by atoms with van der Waals surface area (Å²) in [6, 6.07) is 19.6. The van der Waals surface area contributed by atoms with Crippen LogP contribution in [0.4, 0.5) is 81.2 Å². The van der Waals surface area contributed by atoms with Gasteiger partial charge < -0.3 is 77.2 Å². The van der Waals surface area contributed by atoms with E-state index in [2.05, 4.69) is 163 Å². The van der Waals surface area contributed by atoms with Gasteiger partial charge in [0.1, 0.15) is 44.0 Å². The zero-order valence-electron chi connectivity index (χ0n) is 57.1. The quantitative estimate of drug-likeness (QED) is 0.00963. The molecule has 99 heavy (non-hydrogen) atoms. The van der Waals surface area contributed by atoms with Crippen LogP contribution in [-0.4, -0.2) is 201 Å². The normalized spacial score (nSPS) is 12.1. The maximum Gasteiger partial charge on any atom is 0.296 e. The fourth-order valence-corrected chi connectivity index (χ4v) is 12.1. The van der Waals surface area contributed by atoms with E-state index in [0.29, 0.717) is 72.7 Å². The van der Waals surface area contributed by atoms with Gasteiger partial charge >= 0.3 is 0 Å². The second kappa shape index (κ2) is 35.9. The molecule has 0 aliphatic rings. The van der Waals surface area contributed by atoms with Crippen molar-refractivity contribution < 1.29 is 46.4 Å². The van der Waals surface area contributed by atoms with Gasteiger partial charge in [-0.25, -0.2) is 0 Å². The number of nitrogens with zero attached hydrogens (tertiary/aromatic N) is 14. The topological polar surface area (TPSA) is 414 Å². The molecule has 0 radical (unpaired) electrons. The number of rotatable bonds is 40. The van der Waals surface area contributed by atoms with Gasteiger partial charge in [-0.15, -0.1) is 20.5 Å². The van der Waals surface area contributed by atoms with Crippen molar-refractivity contribution >= 4 is 123 Å². The van der Waals surface area contributed by atoms with Crippen molar-refractivity contribution in [2.45, 2.75) is 90.9 Å². The maximum absolute atomic E-state index is 12.9. The first-order valence-electron chi connectivity index (χ1n) is 33.3. The average molecular weight is 1400 g/mol. The first-order chi connectivity index (χ1) is 47.6. The Hall–Kier alpha value is -9.48. The second-order valence-electron chi connectivity index (χ2n) is 23.0. The minimum atomic E-state index is -5.08. The van der Waals surface area contributed by atoms with Gasteiger partial charge in [0.05, 0.1) is 0 Å². The molecule has 0 saturated carbocycles. The Morgan fingerprint density at radius 3 is 0.929 bits per heavy atom. The van der Waals surface area contributed by atoms with E-state index in [9.17, 15) is 46.4 Å². The standard InChI is InChI=1S/C66H91N21O10S2/c1-9-84(10-2)33-17-29-67-61-74-62(68-30-18-34-85(11-3)12-4)77-65(76-61)72-47-23-27-51(53(88)41-47)80-82-57-55(98(92,93)94)39-43-37-45(21-25-49(43)59(57)90)71-46-22-26-50-44(38-46)40-56(99(95,96)97)58(60(50)91)83-81-52-28-24-48(42-54(52)89)73-66-78-63(69-31-19-35-86(13-5)14-6)75-64(79-66)70-32-20-36-87(15-7)16-8/h21-28,37-42,71,88-91H,9-20,29-36H2,1-8H3,(H,92,93,94)(H,95,96,97)(H3,67,68,72,74,76,77)(H3,69,70,73,75,78,79). The molecule has 0 saturated heterocycles. The van der Waals surface area contributed by atoms with E-state index in [1.165, 1.54) is 60.7 Å². The van der Waals surface area contributed by atoms with Crippen LogP contribution in [0.25, 0.3) is 21.5 Å². The van der Waals surface area contributed by atoms with Gasteiger partial charge in [-0.1, -0.05) is 55.4 Å². The Labute approximate surface area is 577 Å². The Morgan fingerprint density at radius 1 is 0.364 bits per heavy atom. The summed E-state index contributed by atoms with van der Waals surface area (Å²) in [4.78, 5) is 35.1. The average Bonchev–Trinajstić information content (AvgIpc) is 0.771. The number of hydrogen-bond acceptors (Lipinski definition) is 29. The minimum absolute atomic E-state index is 0.0970. The third-order valence-corrected chi connectivity index (χ3v) is 18.2. The Bertz CT molecular complexity index is 3980. The zero-order chi connectivity index (χ0) is 71.2. The van der Waals surface area contributed by atoms with E-state index in [-0.39, 0.29) is 56.3 Å². The van der Waals surface area contributed by atoms with Crippen molar-refractivity contribution in [3.8, 4) is 23.0 Å². The molecule has 2 heterocycles. The van der Waals surface area contributed by atoms with Crippen LogP contribution in [0.3, 0.4) is 0 Å². The number of benzene rings is 6. The van der Waals surface area contributed by atoms with Gasteiger partial charge in [-0.2, -0.15) is 46.7 Å². The summed E-state index contributed by atoms with van der Waals surface area (Å²) < 4.78 is 72.7. The number of aromatic hydroxyl groups is 4. The summed E-state index contributed by atoms with van der Waals surface area (Å²) in [6.45, 7) is 30.6. The highest BCUT2D eigenvalue weighted by Crippen LogP contribution is 2.45. The predicted molar refractivity (Wildman–Crippen MR) is 389 cm³/mol. The number of hydrogen-bond donors (Lipinski definition) is 13. The van der Waals surface area contributed by atoms with Crippen molar-refractivity contribution in [1.82, 2.24) is 49.5 Å². The van der Waals surface area contributed by atoms with Crippen molar-refractivity contribution in [2.24, 2.45) is 20.5 Å². The molecule has 0 spiro atoms. The van der Waals surface area contributed by atoms with E-state index in [1.807, 2.05) is 0 Å². The van der Waals surface area contributed by atoms with Crippen molar-refractivity contribution in [2.75, 3.05) is 142 Å². The second-order valence-corrected chi connectivity index (χ2v) is 25.8. The number of phenolic OH excluding ortho intramolecular Hbond substituents is 4. The van der Waals surface area contributed by atoms with Crippen LogP contribution in [0, 0.1) is 0 Å². The molecule has 0 atom stereocenters. The summed E-state index contributed by atoms with van der Waals surface area (Å²) in [5.41, 5.74) is -0.120. The first kappa shape index (κ1) is 75.3. The van der Waals surface area contributed by atoms with Crippen LogP contribution in [0.2, 0.25) is 0 Å². The molecule has 33 heteroatoms. The Balaban J connectivity index is 0.973. The highest BCUT2D eigenvalue weighted by Gasteiger charge is 2.25. The van der Waals surface area contributed by atoms with Gasteiger partial charge in [-0.3, -0.25) is 9.11 Å². The lowest BCUT2D eigenvalue weighted by atomic mass is 10.1. The monoisotopic (exact) mass is 1400 g/mol. The third-order valence-electron chi connectivity index (χ3n) is 16.5. The van der Waals surface area contributed by atoms with Crippen LogP contribution in [0.5, 0.6) is 23.0 Å². The molecule has 0 aliphatic heterocycles. The van der Waals surface area contributed by atoms with E-state index in [4.69, 9.17) is 0 Å². The number of phenols is 4. The van der Waals surface area contributed by atoms with Crippen molar-refractivity contribution in [3.05, 3.63) is 84.9 Å². The highest BCUT2D eigenvalue weighted by molar-refractivity contribution is 7.86. The molecule has 532 valence electrons. The lowest BCUT2D eigenvalue weighted by Gasteiger charge is -2.18. The zero-order valence-corrected chi connectivity index (χ0v) is 58.8. The van der Waals surface area contributed by atoms with E-state index in [1.54, 1.807) is 12.1 Å². The lowest BCUT2D eigenvalue weighted by molar-refractivity contribution is 0.303. The van der Waals surface area contributed by atoms with Crippen LogP contribution < -0.4 is 37.2 Å². The smallest absolute Gasteiger partial charge is 0.296 e. The summed E-state index contributed by atoms with van der Waals surface area (Å²) >= 11 is 0. The Morgan fingerprint density at radius 2 is 0.646 bits per heavy atom. The molecular weight excluding hydrogens is 1310 g/mol. The number of anilines is 10. The number of aromatic nitrogens is 6. The van der Waals surface area contributed by atoms with Gasteiger partial charge in [0.2, 0.25) is 35.7 Å². The molecule has 0 aliphatic carbocycles. The Kier molecular flexibility index (Phi) is 27.3. The molecular formula is C66H91N21O10S2. The molecule has 0 fully saturated rings. The van der Waals surface area contributed by atoms with Crippen LogP contribution in [0.1, 0.15) is 81.1 Å². The molecule has 31 nitrogen and oxygen atoms in total. The summed E-state index contributed by atoms with van der Waals surface area (Å²) in [7, 11) is -10.2. The number of fused-ring (bicyclic) bond motifs is 2. The summed E-state index contributed by atoms with van der Waals surface area (Å²) in [5, 5.41) is 84.5. The molecule has 0 bridgehead atoms. The summed E-state index contributed by atoms with van der Waals surface area (Å²) in [6.07, 6.45) is 3.44. The molecule has 13 N–H and O–H groups in total. The first-order valence-corrected chi connectivity index (χ1v) is 36.2. The van der Waals surface area contributed by atoms with E-state index < -0.39 is 52.9 Å². The van der Waals surface area contributed by atoms with Gasteiger partial charge in [0.15, 0.2) is 11.5 Å². The molecule has 8 rings (SSSR count). The van der Waals surface area contributed by atoms with Gasteiger partial charge in [0, 0.05) is 71.8 Å². The van der Waals surface area contributed by atoms with Gasteiger partial charge in [0.25, 0.3) is 20.2 Å². The molecule has 8 aromatic rings. The highest BCUT2D eigenvalue weighted by atomic mass is 32.2. The van der Waals surface area contributed by atoms with E-state index in [0.717, 1.165) is 116 Å². The molecule has 0 unspecified atom stereocenters. The largest absolute Gasteiger partial charge is 0.506 e. The molecule has 2 aromatic heterocycles. The van der Waals surface area contributed by atoms with Crippen molar-refractivity contribution in [1.29, 1.82) is 0 Å². The SMILES string of the molecule is CCN(CC)CCCNc1nc(NCCCN(CC)CC)nc(Nc2ccc(N=Nc3c(S(=O)(=O)O)cc4cc(Nc5ccc6c(O)c(N=Nc7ccc(Nc8nc(NCCCN(CC)CC)nc(NCCCN(CC)CC)n8)cc7O)c(S(=O)(=O)O)cc6c5)ccc4c3O)c(O)c2)n1. The van der Waals surface area contributed by atoms with E-state index >= 15 is 0 Å². The van der Waals surface area contributed by atoms with Crippen LogP contribution in [-0.2, 0) is 20.2 Å². The fourth-order valence-electron chi connectivity index (χ4n) is 10.8. The molecule has 0 amide bonds. The van der Waals surface area contributed by atoms with Gasteiger partial charge in [-0.05, 0) is 188 Å². The summed E-state index contributed by atoms with van der Waals surface area (Å²) in [5.74, 6) is -0.335. The van der Waals surface area contributed by atoms with Crippen molar-refractivity contribution in [3.63, 3.8) is 0 Å². The minimum Gasteiger partial charge on any atom is -0.506 e. The third kappa shape index (κ3) is 21.3. The lowest BCUT2D eigenvalue weighted by Crippen LogP contribution is -2.26. The number of azo groups is 2. The maximum atomic E-state index is 12.9. The molecule has 6 aromatic carbocycles. The number of nitrogens with one attached hydrogen (secondary N) is 7. The predicted octanol–water partition coefficient (Wildman–Crippen LogP) is 12.3.